The zero-order chi connectivity index (χ0) is 13.7. The monoisotopic (exact) mass is 261 g/mol. The number of aliphatic carboxylic acids is 1. The van der Waals surface area contributed by atoms with Crippen molar-refractivity contribution in [3.63, 3.8) is 0 Å². The summed E-state index contributed by atoms with van der Waals surface area (Å²) in [6, 6.07) is 7.89. The number of furan rings is 1. The summed E-state index contributed by atoms with van der Waals surface area (Å²) in [7, 11) is 0. The van der Waals surface area contributed by atoms with Crippen molar-refractivity contribution >= 4 is 16.9 Å². The van der Waals surface area contributed by atoms with Gasteiger partial charge in [-0.05, 0) is 12.5 Å². The number of aryl methyl sites for hydroxylation is 1. The van der Waals surface area contributed by atoms with Gasteiger partial charge in [0.05, 0.1) is 6.54 Å². The van der Waals surface area contributed by atoms with E-state index in [0.29, 0.717) is 6.54 Å². The third kappa shape index (κ3) is 3.35. The second kappa shape index (κ2) is 6.38. The predicted octanol–water partition coefficient (Wildman–Crippen LogP) is 2.95. The normalized spacial score (nSPS) is 11.0. The quantitative estimate of drug-likeness (QED) is 0.804. The SMILES string of the molecule is CCCCc1oc2ccccc2c1CNCC(=O)O. The first-order valence-electron chi connectivity index (χ1n) is 6.64. The Kier molecular flexibility index (Phi) is 4.58. The molecule has 0 saturated carbocycles. The van der Waals surface area contributed by atoms with E-state index in [2.05, 4.69) is 12.2 Å². The standard InChI is InChI=1S/C15H19NO3/c1-2-3-7-14-12(9-16-10-15(17)18)11-6-4-5-8-13(11)19-14/h4-6,8,16H,2-3,7,9-10H2,1H3,(H,17,18). The average Bonchev–Trinajstić information content (AvgIpc) is 2.74. The van der Waals surface area contributed by atoms with Gasteiger partial charge in [0, 0.05) is 23.9 Å². The molecule has 1 aromatic heterocycles. The number of carboxylic acids is 1. The maximum absolute atomic E-state index is 10.6. The van der Waals surface area contributed by atoms with Crippen molar-refractivity contribution in [3.8, 4) is 0 Å². The molecule has 2 N–H and O–H groups in total. The van der Waals surface area contributed by atoms with Gasteiger partial charge in [0.2, 0.25) is 0 Å². The van der Waals surface area contributed by atoms with Crippen molar-refractivity contribution in [2.24, 2.45) is 0 Å². The van der Waals surface area contributed by atoms with E-state index in [1.807, 2.05) is 24.3 Å². The molecule has 0 spiro atoms. The van der Waals surface area contributed by atoms with Crippen LogP contribution in [-0.4, -0.2) is 17.6 Å². The Morgan fingerprint density at radius 2 is 2.16 bits per heavy atom. The van der Waals surface area contributed by atoms with Gasteiger partial charge in [0.15, 0.2) is 0 Å². The first kappa shape index (κ1) is 13.6. The van der Waals surface area contributed by atoms with E-state index in [4.69, 9.17) is 9.52 Å². The number of para-hydroxylation sites is 1. The van der Waals surface area contributed by atoms with Crippen LogP contribution in [-0.2, 0) is 17.8 Å². The fourth-order valence-corrected chi connectivity index (χ4v) is 2.18. The van der Waals surface area contributed by atoms with E-state index in [1.165, 1.54) is 0 Å². The molecule has 2 aromatic rings. The van der Waals surface area contributed by atoms with E-state index in [9.17, 15) is 4.79 Å². The van der Waals surface area contributed by atoms with Crippen LogP contribution in [0.2, 0.25) is 0 Å². The Morgan fingerprint density at radius 1 is 1.37 bits per heavy atom. The van der Waals surface area contributed by atoms with Crippen LogP contribution in [0.5, 0.6) is 0 Å². The Morgan fingerprint density at radius 3 is 2.89 bits per heavy atom. The Hall–Kier alpha value is -1.81. The number of hydrogen-bond donors (Lipinski definition) is 2. The van der Waals surface area contributed by atoms with E-state index < -0.39 is 5.97 Å². The molecule has 0 atom stereocenters. The molecule has 0 aliphatic heterocycles. The molecule has 1 aromatic carbocycles. The first-order valence-corrected chi connectivity index (χ1v) is 6.64. The van der Waals surface area contributed by atoms with Crippen molar-refractivity contribution in [3.05, 3.63) is 35.6 Å². The lowest BCUT2D eigenvalue weighted by molar-refractivity contribution is -0.135. The molecule has 1 heterocycles. The summed E-state index contributed by atoms with van der Waals surface area (Å²) in [6.07, 6.45) is 3.08. The van der Waals surface area contributed by atoms with Crippen molar-refractivity contribution in [1.29, 1.82) is 0 Å². The molecular formula is C15H19NO3. The van der Waals surface area contributed by atoms with E-state index in [1.54, 1.807) is 0 Å². The summed E-state index contributed by atoms with van der Waals surface area (Å²) < 4.78 is 5.87. The predicted molar refractivity (Wildman–Crippen MR) is 74.2 cm³/mol. The third-order valence-corrected chi connectivity index (χ3v) is 3.12. The number of unbranched alkanes of at least 4 members (excludes halogenated alkanes) is 1. The Labute approximate surface area is 112 Å². The highest BCUT2D eigenvalue weighted by molar-refractivity contribution is 5.82. The average molecular weight is 261 g/mol. The minimum atomic E-state index is -0.845. The van der Waals surface area contributed by atoms with Crippen molar-refractivity contribution < 1.29 is 14.3 Å². The Balaban J connectivity index is 2.23. The zero-order valence-corrected chi connectivity index (χ0v) is 11.1. The van der Waals surface area contributed by atoms with Gasteiger partial charge in [-0.1, -0.05) is 31.5 Å². The van der Waals surface area contributed by atoms with Crippen LogP contribution in [0.3, 0.4) is 0 Å². The highest BCUT2D eigenvalue weighted by Gasteiger charge is 2.13. The number of fused-ring (bicyclic) bond motifs is 1. The lowest BCUT2D eigenvalue weighted by atomic mass is 10.1. The molecule has 2 rings (SSSR count). The molecular weight excluding hydrogens is 242 g/mol. The number of rotatable bonds is 7. The first-order chi connectivity index (χ1) is 9.22. The maximum atomic E-state index is 10.6. The molecule has 0 saturated heterocycles. The zero-order valence-electron chi connectivity index (χ0n) is 11.1. The molecule has 0 radical (unpaired) electrons. The highest BCUT2D eigenvalue weighted by atomic mass is 16.4. The Bertz CT molecular complexity index is 560. The van der Waals surface area contributed by atoms with Crippen LogP contribution < -0.4 is 5.32 Å². The lowest BCUT2D eigenvalue weighted by Crippen LogP contribution is -2.22. The molecule has 0 aliphatic carbocycles. The fourth-order valence-electron chi connectivity index (χ4n) is 2.18. The van der Waals surface area contributed by atoms with Crippen LogP contribution >= 0.6 is 0 Å². The summed E-state index contributed by atoms with van der Waals surface area (Å²) >= 11 is 0. The van der Waals surface area contributed by atoms with Gasteiger partial charge < -0.3 is 14.8 Å². The topological polar surface area (TPSA) is 62.5 Å². The van der Waals surface area contributed by atoms with E-state index >= 15 is 0 Å². The van der Waals surface area contributed by atoms with Crippen molar-refractivity contribution in [2.75, 3.05) is 6.54 Å². The summed E-state index contributed by atoms with van der Waals surface area (Å²) in [4.78, 5) is 10.6. The molecule has 4 heteroatoms. The minimum absolute atomic E-state index is 0.0350. The van der Waals surface area contributed by atoms with Crippen LogP contribution in [0, 0.1) is 0 Å². The second-order valence-electron chi connectivity index (χ2n) is 4.60. The van der Waals surface area contributed by atoms with E-state index in [0.717, 1.165) is 41.6 Å². The number of benzene rings is 1. The number of hydrogen-bond acceptors (Lipinski definition) is 3. The number of carbonyl (C=O) groups is 1. The van der Waals surface area contributed by atoms with Crippen LogP contribution in [0.4, 0.5) is 0 Å². The van der Waals surface area contributed by atoms with Gasteiger partial charge in [0.25, 0.3) is 0 Å². The molecule has 0 bridgehead atoms. The van der Waals surface area contributed by atoms with Crippen LogP contribution in [0.1, 0.15) is 31.1 Å². The van der Waals surface area contributed by atoms with E-state index in [-0.39, 0.29) is 6.54 Å². The summed E-state index contributed by atoms with van der Waals surface area (Å²) in [6.45, 7) is 2.64. The fraction of sp³-hybridized carbons (Fsp3) is 0.400. The summed E-state index contributed by atoms with van der Waals surface area (Å²) in [5, 5.41) is 12.7. The van der Waals surface area contributed by atoms with Gasteiger partial charge >= 0.3 is 5.97 Å². The molecule has 0 fully saturated rings. The molecule has 4 nitrogen and oxygen atoms in total. The molecule has 0 amide bonds. The number of nitrogens with one attached hydrogen (secondary N) is 1. The van der Waals surface area contributed by atoms with Gasteiger partial charge in [-0.15, -0.1) is 0 Å². The van der Waals surface area contributed by atoms with Crippen LogP contribution in [0.15, 0.2) is 28.7 Å². The molecule has 0 aliphatic rings. The molecule has 102 valence electrons. The molecule has 0 unspecified atom stereocenters. The summed E-state index contributed by atoms with van der Waals surface area (Å²) in [5.74, 6) is 0.129. The highest BCUT2D eigenvalue weighted by Crippen LogP contribution is 2.26. The smallest absolute Gasteiger partial charge is 0.317 e. The van der Waals surface area contributed by atoms with Gasteiger partial charge in [-0.2, -0.15) is 0 Å². The van der Waals surface area contributed by atoms with Gasteiger partial charge in [-0.25, -0.2) is 0 Å². The van der Waals surface area contributed by atoms with Gasteiger partial charge in [-0.3, -0.25) is 4.79 Å². The molecule has 19 heavy (non-hydrogen) atoms. The van der Waals surface area contributed by atoms with Crippen molar-refractivity contribution in [1.82, 2.24) is 5.32 Å². The minimum Gasteiger partial charge on any atom is -0.480 e. The summed E-state index contributed by atoms with van der Waals surface area (Å²) in [5.41, 5.74) is 1.96. The maximum Gasteiger partial charge on any atom is 0.317 e. The van der Waals surface area contributed by atoms with Gasteiger partial charge in [0.1, 0.15) is 11.3 Å². The van der Waals surface area contributed by atoms with Crippen molar-refractivity contribution in [2.45, 2.75) is 32.7 Å². The lowest BCUT2D eigenvalue weighted by Gasteiger charge is -2.03. The number of carboxylic acid groups (broad SMARTS) is 1. The third-order valence-electron chi connectivity index (χ3n) is 3.12. The largest absolute Gasteiger partial charge is 0.480 e. The second-order valence-corrected chi connectivity index (χ2v) is 4.60. The van der Waals surface area contributed by atoms with Crippen LogP contribution in [0.25, 0.3) is 11.0 Å².